The van der Waals surface area contributed by atoms with Crippen LogP contribution >= 0.6 is 11.6 Å². The maximum Gasteiger partial charge on any atom is 0.252 e. The molecule has 0 spiro atoms. The first-order valence-corrected chi connectivity index (χ1v) is 17.4. The number of rotatable bonds is 8. The van der Waals surface area contributed by atoms with Crippen molar-refractivity contribution in [1.29, 1.82) is 0 Å². The third-order valence-electron chi connectivity index (χ3n) is 10.7. The molecule has 4 aromatic rings. The molecule has 2 N–H and O–H groups in total. The van der Waals surface area contributed by atoms with Gasteiger partial charge in [0.2, 0.25) is 5.91 Å². The fourth-order valence-electron chi connectivity index (χ4n) is 7.53. The van der Waals surface area contributed by atoms with Gasteiger partial charge in [-0.25, -0.2) is 9.97 Å². The number of amides is 2. The summed E-state index contributed by atoms with van der Waals surface area (Å²) in [4.78, 5) is 41.1. The number of carbonyl (C=O) groups excluding carboxylic acids is 2. The summed E-state index contributed by atoms with van der Waals surface area (Å²) in [6.07, 6.45) is 8.73. The molecular formula is C37H44ClN7O2. The van der Waals surface area contributed by atoms with Gasteiger partial charge >= 0.3 is 0 Å². The molecule has 2 fully saturated rings. The summed E-state index contributed by atoms with van der Waals surface area (Å²) >= 11 is 6.37. The highest BCUT2D eigenvalue weighted by molar-refractivity contribution is 6.34. The summed E-state index contributed by atoms with van der Waals surface area (Å²) in [5.74, 6) is 0.557. The lowest BCUT2D eigenvalue weighted by Crippen LogP contribution is -2.57. The highest BCUT2D eigenvalue weighted by Gasteiger charge is 2.50. The molecule has 1 atom stereocenters. The third-order valence-corrected chi connectivity index (χ3v) is 11.0. The Balaban J connectivity index is 1.27. The Morgan fingerprint density at radius 3 is 2.55 bits per heavy atom. The predicted octanol–water partition coefficient (Wildman–Crippen LogP) is 7.47. The molecule has 2 aliphatic heterocycles. The number of fused-ring (bicyclic) bond motifs is 2. The monoisotopic (exact) mass is 653 g/mol. The Kier molecular flexibility index (Phi) is 8.25. The number of hydrogen-bond donors (Lipinski definition) is 2. The minimum absolute atomic E-state index is 0.180. The highest BCUT2D eigenvalue weighted by Crippen LogP contribution is 2.48. The van der Waals surface area contributed by atoms with Crippen LogP contribution in [0.3, 0.4) is 0 Å². The second kappa shape index (κ2) is 12.3. The second-order valence-electron chi connectivity index (χ2n) is 13.9. The van der Waals surface area contributed by atoms with Gasteiger partial charge < -0.3 is 25.0 Å². The highest BCUT2D eigenvalue weighted by atomic mass is 35.5. The number of anilines is 3. The van der Waals surface area contributed by atoms with E-state index in [0.29, 0.717) is 28.1 Å². The molecule has 1 saturated heterocycles. The van der Waals surface area contributed by atoms with Gasteiger partial charge in [-0.3, -0.25) is 9.59 Å². The van der Waals surface area contributed by atoms with E-state index < -0.39 is 5.41 Å². The number of aromatic nitrogens is 3. The number of likely N-dealkylation sites (tertiary alicyclic amines) is 1. The lowest BCUT2D eigenvalue weighted by molar-refractivity contribution is -0.123. The van der Waals surface area contributed by atoms with Crippen molar-refractivity contribution in [2.24, 2.45) is 0 Å². The van der Waals surface area contributed by atoms with Crippen LogP contribution in [0.4, 0.5) is 17.2 Å². The number of benzene rings is 2. The van der Waals surface area contributed by atoms with E-state index in [2.05, 4.69) is 57.0 Å². The Hall–Kier alpha value is -3.95. The molecule has 2 amide bonds. The van der Waals surface area contributed by atoms with Gasteiger partial charge in [-0.05, 0) is 102 Å². The van der Waals surface area contributed by atoms with Gasteiger partial charge in [0.25, 0.3) is 5.91 Å². The summed E-state index contributed by atoms with van der Waals surface area (Å²) in [6.45, 7) is 10.8. The maximum absolute atomic E-state index is 13.9. The van der Waals surface area contributed by atoms with Crippen molar-refractivity contribution in [3.8, 4) is 11.3 Å². The standard InChI is InChI=1S/C37H44ClN7O2/c1-6-22(2)44-21-40-31-20-30(42-34(33(31)44)41-24-11-13-29(38)27(17-24)35(46)39-5)23-10-12-28-32(16-23)45(36(47)37(28,3)4)26-18-25(19-26)43-14-8-7-9-15-43/h10-13,16-17,20-22,25-26H,6-9,14-15,18-19H2,1-5H3,(H,39,46)(H,41,42)/t22-,25-,26+/m0/s1. The van der Waals surface area contributed by atoms with Crippen molar-refractivity contribution < 1.29 is 9.59 Å². The van der Waals surface area contributed by atoms with Crippen molar-refractivity contribution in [3.63, 3.8) is 0 Å². The van der Waals surface area contributed by atoms with E-state index in [0.717, 1.165) is 52.8 Å². The zero-order valence-corrected chi connectivity index (χ0v) is 28.7. The van der Waals surface area contributed by atoms with E-state index in [1.165, 1.54) is 32.4 Å². The smallest absolute Gasteiger partial charge is 0.252 e. The van der Waals surface area contributed by atoms with Gasteiger partial charge in [0.1, 0.15) is 5.52 Å². The molecule has 0 radical (unpaired) electrons. The first-order chi connectivity index (χ1) is 22.6. The number of nitrogens with zero attached hydrogens (tertiary/aromatic N) is 5. The molecule has 2 aromatic carbocycles. The number of hydrogen-bond acceptors (Lipinski definition) is 6. The topological polar surface area (TPSA) is 95.4 Å². The van der Waals surface area contributed by atoms with Crippen LogP contribution in [0.2, 0.25) is 5.02 Å². The van der Waals surface area contributed by atoms with Crippen LogP contribution in [0.15, 0.2) is 48.8 Å². The summed E-state index contributed by atoms with van der Waals surface area (Å²) in [5, 5.41) is 6.52. The van der Waals surface area contributed by atoms with Gasteiger partial charge in [0.15, 0.2) is 5.82 Å². The zero-order chi connectivity index (χ0) is 33.0. The van der Waals surface area contributed by atoms with Crippen molar-refractivity contribution in [2.45, 2.75) is 89.8 Å². The molecule has 7 rings (SSSR count). The molecule has 10 heteroatoms. The number of imidazole rings is 1. The van der Waals surface area contributed by atoms with Crippen molar-refractivity contribution in [3.05, 3.63) is 64.9 Å². The summed E-state index contributed by atoms with van der Waals surface area (Å²) in [5.41, 5.74) is 5.94. The number of nitrogens with one attached hydrogen (secondary N) is 2. The average molecular weight is 654 g/mol. The normalized spacial score (nSPS) is 21.4. The number of piperidine rings is 1. The molecule has 4 heterocycles. The molecule has 0 unspecified atom stereocenters. The van der Waals surface area contributed by atoms with Crippen LogP contribution in [0.25, 0.3) is 22.3 Å². The predicted molar refractivity (Wildman–Crippen MR) is 189 cm³/mol. The molecule has 246 valence electrons. The Labute approximate surface area is 281 Å². The van der Waals surface area contributed by atoms with Crippen LogP contribution in [-0.2, 0) is 10.2 Å². The van der Waals surface area contributed by atoms with Gasteiger partial charge in [-0.15, -0.1) is 0 Å². The van der Waals surface area contributed by atoms with Gasteiger partial charge in [-0.1, -0.05) is 37.1 Å². The lowest BCUT2D eigenvalue weighted by atomic mass is 9.82. The maximum atomic E-state index is 13.9. The molecule has 1 saturated carbocycles. The summed E-state index contributed by atoms with van der Waals surface area (Å²) in [6, 6.07) is 14.6. The number of pyridine rings is 1. The summed E-state index contributed by atoms with van der Waals surface area (Å²) < 4.78 is 2.14. The Morgan fingerprint density at radius 1 is 1.06 bits per heavy atom. The first kappa shape index (κ1) is 31.6. The molecule has 9 nitrogen and oxygen atoms in total. The quantitative estimate of drug-likeness (QED) is 0.205. The fourth-order valence-corrected chi connectivity index (χ4v) is 7.74. The largest absolute Gasteiger partial charge is 0.355 e. The van der Waals surface area contributed by atoms with Crippen molar-refractivity contribution in [1.82, 2.24) is 24.8 Å². The minimum Gasteiger partial charge on any atom is -0.355 e. The van der Waals surface area contributed by atoms with Crippen LogP contribution in [0.1, 0.15) is 88.2 Å². The Bertz CT molecular complexity index is 1850. The summed E-state index contributed by atoms with van der Waals surface area (Å²) in [7, 11) is 1.59. The SMILES string of the molecule is CC[C@H](C)n1cnc2cc(-c3ccc4c(c3)N([C@H]3C[C@@H](N5CCCCC5)C3)C(=O)C4(C)C)nc(Nc3ccc(Cl)c(C(=O)NC)c3)c21. The van der Waals surface area contributed by atoms with Crippen LogP contribution in [0, 0.1) is 0 Å². The van der Waals surface area contributed by atoms with E-state index in [9.17, 15) is 9.59 Å². The van der Waals surface area contributed by atoms with Gasteiger partial charge in [0.05, 0.1) is 33.5 Å². The minimum atomic E-state index is -0.583. The van der Waals surface area contributed by atoms with Crippen molar-refractivity contribution >= 4 is 51.6 Å². The molecule has 0 bridgehead atoms. The van der Waals surface area contributed by atoms with E-state index in [1.807, 2.05) is 32.3 Å². The van der Waals surface area contributed by atoms with Gasteiger partial charge in [-0.2, -0.15) is 0 Å². The average Bonchev–Trinajstić information content (AvgIpc) is 3.58. The molecular weight excluding hydrogens is 610 g/mol. The van der Waals surface area contributed by atoms with E-state index in [1.54, 1.807) is 19.2 Å². The van der Waals surface area contributed by atoms with Crippen LogP contribution in [-0.4, -0.2) is 63.5 Å². The van der Waals surface area contributed by atoms with E-state index in [-0.39, 0.29) is 23.9 Å². The van der Waals surface area contributed by atoms with Crippen LogP contribution < -0.4 is 15.5 Å². The molecule has 3 aliphatic rings. The van der Waals surface area contributed by atoms with Crippen LogP contribution in [0.5, 0.6) is 0 Å². The van der Waals surface area contributed by atoms with Crippen molar-refractivity contribution in [2.75, 3.05) is 30.4 Å². The lowest BCUT2D eigenvalue weighted by Gasteiger charge is -2.48. The third kappa shape index (κ3) is 5.47. The van der Waals surface area contributed by atoms with E-state index >= 15 is 0 Å². The zero-order valence-electron chi connectivity index (χ0n) is 27.9. The molecule has 47 heavy (non-hydrogen) atoms. The van der Waals surface area contributed by atoms with E-state index in [4.69, 9.17) is 21.6 Å². The second-order valence-corrected chi connectivity index (χ2v) is 14.3. The number of halogens is 1. The number of carbonyl (C=O) groups is 2. The molecule has 1 aliphatic carbocycles. The Morgan fingerprint density at radius 2 is 1.83 bits per heavy atom. The fraction of sp³-hybridized carbons (Fsp3) is 0.459. The van der Waals surface area contributed by atoms with Gasteiger partial charge in [0, 0.05) is 42.1 Å². The first-order valence-electron chi connectivity index (χ1n) is 17.0. The molecule has 2 aromatic heterocycles.